The topological polar surface area (TPSA) is 42.3 Å². The Kier molecular flexibility index (Phi) is 6.59. The molecule has 0 bridgehead atoms. The van der Waals surface area contributed by atoms with Gasteiger partial charge in [-0.3, -0.25) is 4.98 Å². The number of anilines is 1. The number of hydrogen-bond donors (Lipinski definition) is 1. The number of hydrogen-bond acceptors (Lipinski definition) is 3. The van der Waals surface area contributed by atoms with Crippen molar-refractivity contribution in [3.8, 4) is 5.75 Å². The standard InChI is InChI=1S/C28H34N4OS/c1-4-33-23-15-13-22(14-16-23)32-27(26(30-28(32)34)25-12-8-9-17-29-25)24-18-19(2)31(20(24)3)21-10-6-5-7-11-21/h8-9,12-18,21,26-27H,4-7,10-11H2,1-3H3,(H,30,34)/t26-,27+/m0/s1. The van der Waals surface area contributed by atoms with Crippen LogP contribution in [0.2, 0.25) is 0 Å². The summed E-state index contributed by atoms with van der Waals surface area (Å²) < 4.78 is 8.26. The lowest BCUT2D eigenvalue weighted by Gasteiger charge is -2.30. The number of nitrogens with zero attached hydrogens (tertiary/aromatic N) is 3. The van der Waals surface area contributed by atoms with Gasteiger partial charge in [0.05, 0.1) is 24.4 Å². The molecule has 0 unspecified atom stereocenters. The molecule has 1 saturated heterocycles. The highest BCUT2D eigenvalue weighted by Crippen LogP contribution is 2.44. The van der Waals surface area contributed by atoms with Crippen LogP contribution in [0.1, 0.15) is 79.8 Å². The van der Waals surface area contributed by atoms with Crippen LogP contribution in [-0.4, -0.2) is 21.3 Å². The molecule has 1 aliphatic heterocycles. The molecule has 178 valence electrons. The first kappa shape index (κ1) is 22.9. The van der Waals surface area contributed by atoms with Crippen molar-refractivity contribution >= 4 is 23.0 Å². The minimum Gasteiger partial charge on any atom is -0.494 e. The Bertz CT molecular complexity index is 1140. The van der Waals surface area contributed by atoms with Crippen LogP contribution in [0.4, 0.5) is 5.69 Å². The number of ether oxygens (including phenoxy) is 1. The maximum atomic E-state index is 5.92. The Morgan fingerprint density at radius 1 is 1.06 bits per heavy atom. The van der Waals surface area contributed by atoms with E-state index in [2.05, 4.69) is 59.0 Å². The summed E-state index contributed by atoms with van der Waals surface area (Å²) in [5.41, 5.74) is 6.07. The average molecular weight is 475 g/mol. The van der Waals surface area contributed by atoms with Crippen molar-refractivity contribution in [3.63, 3.8) is 0 Å². The highest BCUT2D eigenvalue weighted by Gasteiger charge is 2.42. The van der Waals surface area contributed by atoms with E-state index < -0.39 is 0 Å². The van der Waals surface area contributed by atoms with E-state index in [4.69, 9.17) is 21.9 Å². The van der Waals surface area contributed by atoms with Crippen molar-refractivity contribution < 1.29 is 4.74 Å². The third-order valence-corrected chi connectivity index (χ3v) is 7.62. The highest BCUT2D eigenvalue weighted by molar-refractivity contribution is 7.80. The molecule has 3 heterocycles. The highest BCUT2D eigenvalue weighted by atomic mass is 32.1. The molecule has 5 rings (SSSR count). The van der Waals surface area contributed by atoms with E-state index in [1.807, 2.05) is 31.3 Å². The second-order valence-electron chi connectivity index (χ2n) is 9.41. The van der Waals surface area contributed by atoms with Gasteiger partial charge in [0.15, 0.2) is 5.11 Å². The first-order valence-electron chi connectivity index (χ1n) is 12.5. The van der Waals surface area contributed by atoms with Crippen LogP contribution in [0.3, 0.4) is 0 Å². The van der Waals surface area contributed by atoms with E-state index in [0.717, 1.165) is 22.2 Å². The van der Waals surface area contributed by atoms with Crippen molar-refractivity contribution in [1.82, 2.24) is 14.9 Å². The first-order valence-corrected chi connectivity index (χ1v) is 12.9. The SMILES string of the molecule is CCOc1ccc(N2C(=S)N[C@@H](c3ccccn3)[C@H]2c2cc(C)n(C3CCCCC3)c2C)cc1. The minimum absolute atomic E-state index is 0.0175. The summed E-state index contributed by atoms with van der Waals surface area (Å²) in [5, 5.41) is 4.33. The number of nitrogens with one attached hydrogen (secondary N) is 1. The van der Waals surface area contributed by atoms with Gasteiger partial charge in [0.2, 0.25) is 0 Å². The molecule has 34 heavy (non-hydrogen) atoms. The molecule has 2 aromatic heterocycles. The maximum Gasteiger partial charge on any atom is 0.174 e. The van der Waals surface area contributed by atoms with Gasteiger partial charge < -0.3 is 19.5 Å². The normalized spacial score (nSPS) is 21.0. The second-order valence-corrected chi connectivity index (χ2v) is 9.80. The Balaban J connectivity index is 1.59. The molecule has 2 fully saturated rings. The van der Waals surface area contributed by atoms with Crippen molar-refractivity contribution in [1.29, 1.82) is 0 Å². The molecule has 3 aromatic rings. The van der Waals surface area contributed by atoms with E-state index in [1.165, 1.54) is 49.1 Å². The monoisotopic (exact) mass is 474 g/mol. The van der Waals surface area contributed by atoms with E-state index in [1.54, 1.807) is 0 Å². The Morgan fingerprint density at radius 3 is 2.50 bits per heavy atom. The number of pyridine rings is 1. The van der Waals surface area contributed by atoms with Crippen LogP contribution in [-0.2, 0) is 0 Å². The molecule has 6 heteroatoms. The molecule has 1 aliphatic carbocycles. The summed E-state index contributed by atoms with van der Waals surface area (Å²) in [4.78, 5) is 6.97. The molecule has 5 nitrogen and oxygen atoms in total. The van der Waals surface area contributed by atoms with Crippen molar-refractivity contribution in [2.24, 2.45) is 0 Å². The lowest BCUT2D eigenvalue weighted by molar-refractivity contribution is 0.340. The van der Waals surface area contributed by atoms with Gasteiger partial charge in [-0.15, -0.1) is 0 Å². The van der Waals surface area contributed by atoms with Crippen LogP contribution in [0.15, 0.2) is 54.7 Å². The summed E-state index contributed by atoms with van der Waals surface area (Å²) in [6.07, 6.45) is 8.40. The van der Waals surface area contributed by atoms with Crippen molar-refractivity contribution in [2.75, 3.05) is 11.5 Å². The number of rotatable bonds is 6. The van der Waals surface area contributed by atoms with E-state index in [0.29, 0.717) is 12.6 Å². The van der Waals surface area contributed by atoms with Gasteiger partial charge in [0, 0.05) is 29.3 Å². The second kappa shape index (κ2) is 9.79. The molecule has 2 atom stereocenters. The fraction of sp³-hybridized carbons (Fsp3) is 0.429. The predicted octanol–water partition coefficient (Wildman–Crippen LogP) is 6.58. The van der Waals surface area contributed by atoms with Crippen LogP contribution in [0, 0.1) is 13.8 Å². The smallest absolute Gasteiger partial charge is 0.174 e. The number of benzene rings is 1. The van der Waals surface area contributed by atoms with Gasteiger partial charge in [-0.2, -0.15) is 0 Å². The first-order chi connectivity index (χ1) is 16.6. The van der Waals surface area contributed by atoms with Gasteiger partial charge in [-0.1, -0.05) is 25.3 Å². The third kappa shape index (κ3) is 4.20. The van der Waals surface area contributed by atoms with Gasteiger partial charge in [0.1, 0.15) is 5.75 Å². The molecule has 1 saturated carbocycles. The fourth-order valence-corrected chi connectivity index (χ4v) is 6.17. The number of aromatic nitrogens is 2. The molecule has 0 radical (unpaired) electrons. The summed E-state index contributed by atoms with van der Waals surface area (Å²) in [6, 6.07) is 17.3. The zero-order chi connectivity index (χ0) is 23.7. The summed E-state index contributed by atoms with van der Waals surface area (Å²) in [5.74, 6) is 0.873. The van der Waals surface area contributed by atoms with Gasteiger partial charge in [0.25, 0.3) is 0 Å². The lowest BCUT2D eigenvalue weighted by Crippen LogP contribution is -2.29. The van der Waals surface area contributed by atoms with Crippen LogP contribution in [0.5, 0.6) is 5.75 Å². The Hall–Kier alpha value is -2.86. The summed E-state index contributed by atoms with van der Waals surface area (Å²) in [7, 11) is 0. The third-order valence-electron chi connectivity index (χ3n) is 7.31. The molecular weight excluding hydrogens is 440 g/mol. The molecule has 2 aliphatic rings. The Labute approximate surface area is 208 Å². The number of thiocarbonyl (C=S) groups is 1. The van der Waals surface area contributed by atoms with Gasteiger partial charge in [-0.05, 0) is 93.9 Å². The predicted molar refractivity (Wildman–Crippen MR) is 142 cm³/mol. The van der Waals surface area contributed by atoms with Crippen LogP contribution in [0.25, 0.3) is 0 Å². The van der Waals surface area contributed by atoms with E-state index >= 15 is 0 Å². The lowest BCUT2D eigenvalue weighted by atomic mass is 9.94. The van der Waals surface area contributed by atoms with Gasteiger partial charge >= 0.3 is 0 Å². The zero-order valence-electron chi connectivity index (χ0n) is 20.3. The van der Waals surface area contributed by atoms with Crippen molar-refractivity contribution in [2.45, 2.75) is 71.0 Å². The molecule has 0 spiro atoms. The molecular formula is C28H34N4OS. The van der Waals surface area contributed by atoms with Crippen LogP contribution < -0.4 is 15.0 Å². The maximum absolute atomic E-state index is 5.92. The largest absolute Gasteiger partial charge is 0.494 e. The molecule has 1 aromatic carbocycles. The van der Waals surface area contributed by atoms with Crippen molar-refractivity contribution in [3.05, 3.63) is 77.4 Å². The van der Waals surface area contributed by atoms with E-state index in [-0.39, 0.29) is 12.1 Å². The fourth-order valence-electron chi connectivity index (χ4n) is 5.82. The minimum atomic E-state index is -0.0272. The number of aryl methyl sites for hydroxylation is 1. The van der Waals surface area contributed by atoms with E-state index in [9.17, 15) is 0 Å². The van der Waals surface area contributed by atoms with Gasteiger partial charge in [-0.25, -0.2) is 0 Å². The molecule has 0 amide bonds. The average Bonchev–Trinajstić information content (AvgIpc) is 3.36. The summed E-state index contributed by atoms with van der Waals surface area (Å²) >= 11 is 5.92. The quantitative estimate of drug-likeness (QED) is 0.409. The summed E-state index contributed by atoms with van der Waals surface area (Å²) in [6.45, 7) is 7.19. The zero-order valence-corrected chi connectivity index (χ0v) is 21.1. The Morgan fingerprint density at radius 2 is 1.82 bits per heavy atom. The molecule has 1 N–H and O–H groups in total. The van der Waals surface area contributed by atoms with Crippen LogP contribution >= 0.6 is 12.2 Å².